The number of rotatable bonds is 2. The molecule has 1 aromatic carbocycles. The fourth-order valence-electron chi connectivity index (χ4n) is 1.32. The first-order valence-electron chi connectivity index (χ1n) is 4.26. The summed E-state index contributed by atoms with van der Waals surface area (Å²) in [5, 5.41) is 18.4. The Hall–Kier alpha value is -1.26. The standard InChI is InChI=1S/C10H13NO3.ClH/c1-5-3-7(6(2)11)9(12)8(4-5)10(13)14;/h3-4,6,12H,11H2,1-2H3,(H,13,14);1H/t6-;/m1./s1. The van der Waals surface area contributed by atoms with Gasteiger partial charge in [-0.2, -0.15) is 0 Å². The van der Waals surface area contributed by atoms with Gasteiger partial charge in [0.05, 0.1) is 0 Å². The van der Waals surface area contributed by atoms with Gasteiger partial charge >= 0.3 is 5.97 Å². The van der Waals surface area contributed by atoms with Crippen LogP contribution in [0.3, 0.4) is 0 Å². The Kier molecular flexibility index (Phi) is 4.58. The molecular weight excluding hydrogens is 218 g/mol. The number of aryl methyl sites for hydroxylation is 1. The third kappa shape index (κ3) is 2.84. The van der Waals surface area contributed by atoms with Crippen LogP contribution in [0.15, 0.2) is 12.1 Å². The Labute approximate surface area is 94.1 Å². The predicted octanol–water partition coefficient (Wildman–Crippen LogP) is 1.84. The zero-order valence-corrected chi connectivity index (χ0v) is 9.34. The first kappa shape index (κ1) is 13.7. The molecule has 1 atom stereocenters. The van der Waals surface area contributed by atoms with Crippen molar-refractivity contribution in [3.63, 3.8) is 0 Å². The fraction of sp³-hybridized carbons (Fsp3) is 0.300. The molecule has 15 heavy (non-hydrogen) atoms. The van der Waals surface area contributed by atoms with Crippen molar-refractivity contribution in [2.24, 2.45) is 5.73 Å². The first-order chi connectivity index (χ1) is 6.43. The van der Waals surface area contributed by atoms with E-state index in [0.717, 1.165) is 5.56 Å². The zero-order valence-electron chi connectivity index (χ0n) is 8.52. The van der Waals surface area contributed by atoms with Crippen LogP contribution in [0.4, 0.5) is 0 Å². The van der Waals surface area contributed by atoms with E-state index in [1.165, 1.54) is 6.07 Å². The summed E-state index contributed by atoms with van der Waals surface area (Å²) in [6.07, 6.45) is 0. The lowest BCUT2D eigenvalue weighted by molar-refractivity contribution is 0.0693. The molecule has 0 saturated carbocycles. The molecule has 4 nitrogen and oxygen atoms in total. The normalized spacial score (nSPS) is 11.7. The van der Waals surface area contributed by atoms with Crippen molar-refractivity contribution in [3.05, 3.63) is 28.8 Å². The Bertz CT molecular complexity index is 377. The molecule has 0 saturated heterocycles. The van der Waals surface area contributed by atoms with E-state index < -0.39 is 5.97 Å². The monoisotopic (exact) mass is 231 g/mol. The Morgan fingerprint density at radius 1 is 1.47 bits per heavy atom. The smallest absolute Gasteiger partial charge is 0.339 e. The third-order valence-corrected chi connectivity index (χ3v) is 2.00. The van der Waals surface area contributed by atoms with Gasteiger partial charge in [0.1, 0.15) is 11.3 Å². The van der Waals surface area contributed by atoms with Crippen LogP contribution in [-0.4, -0.2) is 16.2 Å². The first-order valence-corrected chi connectivity index (χ1v) is 4.26. The summed E-state index contributed by atoms with van der Waals surface area (Å²) in [4.78, 5) is 10.7. The van der Waals surface area contributed by atoms with Gasteiger partial charge in [0.15, 0.2) is 0 Å². The van der Waals surface area contributed by atoms with E-state index in [2.05, 4.69) is 0 Å². The highest BCUT2D eigenvalue weighted by atomic mass is 35.5. The molecule has 0 bridgehead atoms. The minimum atomic E-state index is -1.15. The Morgan fingerprint density at radius 3 is 2.40 bits per heavy atom. The van der Waals surface area contributed by atoms with Gasteiger partial charge < -0.3 is 15.9 Å². The lowest BCUT2D eigenvalue weighted by Crippen LogP contribution is -2.08. The average molecular weight is 232 g/mol. The van der Waals surface area contributed by atoms with E-state index in [-0.39, 0.29) is 29.8 Å². The summed E-state index contributed by atoms with van der Waals surface area (Å²) < 4.78 is 0. The topological polar surface area (TPSA) is 83.5 Å². The van der Waals surface area contributed by atoms with E-state index >= 15 is 0 Å². The summed E-state index contributed by atoms with van der Waals surface area (Å²) in [5.41, 5.74) is 6.73. The third-order valence-electron chi connectivity index (χ3n) is 2.00. The van der Waals surface area contributed by atoms with Crippen LogP contribution < -0.4 is 5.73 Å². The van der Waals surface area contributed by atoms with Crippen molar-refractivity contribution in [3.8, 4) is 5.75 Å². The number of aromatic carboxylic acids is 1. The maximum absolute atomic E-state index is 10.7. The number of phenols is 1. The largest absolute Gasteiger partial charge is 0.507 e. The molecule has 0 amide bonds. The number of carboxylic acids is 1. The number of benzene rings is 1. The highest BCUT2D eigenvalue weighted by molar-refractivity contribution is 5.91. The minimum Gasteiger partial charge on any atom is -0.507 e. The second-order valence-corrected chi connectivity index (χ2v) is 3.34. The molecule has 0 aliphatic rings. The quantitative estimate of drug-likeness (QED) is 0.725. The molecule has 0 aromatic heterocycles. The molecule has 84 valence electrons. The summed E-state index contributed by atoms with van der Waals surface area (Å²) in [5.74, 6) is -1.38. The maximum Gasteiger partial charge on any atom is 0.339 e. The highest BCUT2D eigenvalue weighted by Crippen LogP contribution is 2.28. The van der Waals surface area contributed by atoms with Gasteiger partial charge in [-0.05, 0) is 25.5 Å². The van der Waals surface area contributed by atoms with Crippen molar-refractivity contribution in [1.29, 1.82) is 0 Å². The van der Waals surface area contributed by atoms with Crippen LogP contribution in [0, 0.1) is 6.92 Å². The number of nitrogens with two attached hydrogens (primary N) is 1. The molecule has 5 heteroatoms. The SMILES string of the molecule is Cc1cc(C(=O)O)c(O)c([C@@H](C)N)c1.Cl. The molecule has 0 radical (unpaired) electrons. The van der Waals surface area contributed by atoms with Crippen LogP contribution >= 0.6 is 12.4 Å². The van der Waals surface area contributed by atoms with Gasteiger partial charge in [-0.1, -0.05) is 6.07 Å². The van der Waals surface area contributed by atoms with Crippen LogP contribution in [-0.2, 0) is 0 Å². The second-order valence-electron chi connectivity index (χ2n) is 3.34. The molecule has 0 aliphatic carbocycles. The Morgan fingerprint density at radius 2 is 2.00 bits per heavy atom. The van der Waals surface area contributed by atoms with Crippen molar-refractivity contribution in [2.45, 2.75) is 19.9 Å². The van der Waals surface area contributed by atoms with Crippen molar-refractivity contribution >= 4 is 18.4 Å². The van der Waals surface area contributed by atoms with Crippen molar-refractivity contribution in [1.82, 2.24) is 0 Å². The Balaban J connectivity index is 0.00000196. The van der Waals surface area contributed by atoms with Gasteiger partial charge in [-0.15, -0.1) is 12.4 Å². The molecule has 1 aromatic rings. The summed E-state index contributed by atoms with van der Waals surface area (Å²) in [6.45, 7) is 3.46. The molecule has 0 unspecified atom stereocenters. The summed E-state index contributed by atoms with van der Waals surface area (Å²) >= 11 is 0. The maximum atomic E-state index is 10.7. The molecule has 1 rings (SSSR count). The van der Waals surface area contributed by atoms with E-state index in [4.69, 9.17) is 10.8 Å². The lowest BCUT2D eigenvalue weighted by Gasteiger charge is -2.11. The molecular formula is C10H14ClNO3. The summed E-state index contributed by atoms with van der Waals surface area (Å²) in [7, 11) is 0. The number of halogens is 1. The minimum absolute atomic E-state index is 0. The van der Waals surface area contributed by atoms with Gasteiger partial charge in [-0.3, -0.25) is 0 Å². The second kappa shape index (κ2) is 5.00. The average Bonchev–Trinajstić information content (AvgIpc) is 2.07. The number of aromatic hydroxyl groups is 1. The van der Waals surface area contributed by atoms with Gasteiger partial charge in [0.2, 0.25) is 0 Å². The van der Waals surface area contributed by atoms with Gasteiger partial charge in [0, 0.05) is 11.6 Å². The molecule has 0 heterocycles. The van der Waals surface area contributed by atoms with Crippen LogP contribution in [0.2, 0.25) is 0 Å². The number of carboxylic acid groups (broad SMARTS) is 1. The van der Waals surface area contributed by atoms with Crippen LogP contribution in [0.5, 0.6) is 5.75 Å². The zero-order chi connectivity index (χ0) is 10.9. The predicted molar refractivity (Wildman–Crippen MR) is 59.7 cm³/mol. The fourth-order valence-corrected chi connectivity index (χ4v) is 1.32. The van der Waals surface area contributed by atoms with Gasteiger partial charge in [0.25, 0.3) is 0 Å². The molecule has 4 N–H and O–H groups in total. The van der Waals surface area contributed by atoms with Gasteiger partial charge in [-0.25, -0.2) is 4.79 Å². The van der Waals surface area contributed by atoms with E-state index in [0.29, 0.717) is 5.56 Å². The highest BCUT2D eigenvalue weighted by Gasteiger charge is 2.16. The van der Waals surface area contributed by atoms with E-state index in [9.17, 15) is 9.90 Å². The van der Waals surface area contributed by atoms with Crippen LogP contribution in [0.1, 0.15) is 34.5 Å². The van der Waals surface area contributed by atoms with Crippen molar-refractivity contribution < 1.29 is 15.0 Å². The van der Waals surface area contributed by atoms with Crippen molar-refractivity contribution in [2.75, 3.05) is 0 Å². The van der Waals surface area contributed by atoms with E-state index in [1.807, 2.05) is 0 Å². The molecule has 0 aliphatic heterocycles. The van der Waals surface area contributed by atoms with E-state index in [1.54, 1.807) is 19.9 Å². The number of hydrogen-bond donors (Lipinski definition) is 3. The molecule has 0 spiro atoms. The summed E-state index contributed by atoms with van der Waals surface area (Å²) in [6, 6.07) is 2.73. The van der Waals surface area contributed by atoms with Crippen LogP contribution in [0.25, 0.3) is 0 Å². The number of carbonyl (C=O) groups is 1. The molecule has 0 fully saturated rings. The number of hydrogen-bond acceptors (Lipinski definition) is 3. The lowest BCUT2D eigenvalue weighted by atomic mass is 10.0.